The van der Waals surface area contributed by atoms with Crippen LogP contribution in [0.2, 0.25) is 5.02 Å². The van der Waals surface area contributed by atoms with Crippen LogP contribution in [0, 0.1) is 11.3 Å². The number of carbonyl (C=O) groups is 2. The fourth-order valence-corrected chi connectivity index (χ4v) is 7.05. The van der Waals surface area contributed by atoms with Crippen molar-refractivity contribution < 1.29 is 14.3 Å². The highest BCUT2D eigenvalue weighted by Gasteiger charge is 2.42. The number of ether oxygens (including phenoxy) is 1. The van der Waals surface area contributed by atoms with E-state index in [1.807, 2.05) is 17.0 Å². The molecule has 0 radical (unpaired) electrons. The van der Waals surface area contributed by atoms with Crippen molar-refractivity contribution in [3.05, 3.63) is 73.5 Å². The number of ketones is 1. The number of benzene rings is 1. The molecule has 0 spiro atoms. The summed E-state index contributed by atoms with van der Waals surface area (Å²) in [6.07, 6.45) is 6.62. The zero-order chi connectivity index (χ0) is 24.7. The van der Waals surface area contributed by atoms with Gasteiger partial charge < -0.3 is 10.5 Å². The van der Waals surface area contributed by atoms with Crippen LogP contribution in [0.3, 0.4) is 0 Å². The summed E-state index contributed by atoms with van der Waals surface area (Å²) >= 11 is 7.65. The molecule has 0 saturated carbocycles. The molecule has 3 aliphatic rings. The van der Waals surface area contributed by atoms with E-state index in [-0.39, 0.29) is 11.6 Å². The summed E-state index contributed by atoms with van der Waals surface area (Å²) in [4.78, 5) is 29.4. The van der Waals surface area contributed by atoms with Crippen molar-refractivity contribution in [2.45, 2.75) is 57.3 Å². The molecular weight excluding hydrogens is 482 g/mol. The number of hydrogen-bond donors (Lipinski definition) is 1. The van der Waals surface area contributed by atoms with Gasteiger partial charge in [-0.25, -0.2) is 4.79 Å². The molecule has 180 valence electrons. The van der Waals surface area contributed by atoms with E-state index in [1.54, 1.807) is 12.1 Å². The maximum Gasteiger partial charge on any atom is 0.341 e. The van der Waals surface area contributed by atoms with E-state index in [9.17, 15) is 14.9 Å². The van der Waals surface area contributed by atoms with Crippen molar-refractivity contribution in [2.75, 3.05) is 12.0 Å². The van der Waals surface area contributed by atoms with Crippen molar-refractivity contribution >= 4 is 39.7 Å². The van der Waals surface area contributed by atoms with E-state index in [2.05, 4.69) is 6.07 Å². The number of esters is 1. The second-order valence-electron chi connectivity index (χ2n) is 9.10. The van der Waals surface area contributed by atoms with E-state index >= 15 is 0 Å². The Balaban J connectivity index is 1.76. The fourth-order valence-electron chi connectivity index (χ4n) is 5.51. The molecule has 2 N–H and O–H groups in total. The number of carbonyl (C=O) groups excluding carboxylic acids is 2. The molecule has 5 rings (SSSR count). The van der Waals surface area contributed by atoms with Crippen LogP contribution in [0.4, 0.5) is 5.00 Å². The van der Waals surface area contributed by atoms with E-state index in [4.69, 9.17) is 22.1 Å². The van der Waals surface area contributed by atoms with Gasteiger partial charge in [0.1, 0.15) is 10.8 Å². The molecule has 1 unspecified atom stereocenters. The van der Waals surface area contributed by atoms with Gasteiger partial charge in [0.25, 0.3) is 0 Å². The predicted octanol–water partition coefficient (Wildman–Crippen LogP) is 5.76. The highest BCUT2D eigenvalue weighted by molar-refractivity contribution is 7.16. The van der Waals surface area contributed by atoms with E-state index in [1.165, 1.54) is 18.4 Å². The zero-order valence-corrected chi connectivity index (χ0v) is 21.1. The lowest BCUT2D eigenvalue weighted by Gasteiger charge is -2.39. The largest absolute Gasteiger partial charge is 0.465 e. The van der Waals surface area contributed by atoms with Crippen LogP contribution in [0.5, 0.6) is 0 Å². The number of hydrogen-bond acceptors (Lipinski definition) is 7. The first-order chi connectivity index (χ1) is 17.0. The van der Waals surface area contributed by atoms with Gasteiger partial charge in [-0.3, -0.25) is 9.69 Å². The Kier molecular flexibility index (Phi) is 6.43. The van der Waals surface area contributed by atoms with E-state index in [0.717, 1.165) is 53.8 Å². The SMILES string of the molecule is COC(=O)c1c(N2C(N)=C(C#N)C(c3ccc(Cl)cc3)C3=C2CCCC3=O)sc2c1CCCCC2. The van der Waals surface area contributed by atoms with Crippen molar-refractivity contribution in [3.63, 3.8) is 0 Å². The van der Waals surface area contributed by atoms with E-state index in [0.29, 0.717) is 46.0 Å². The molecule has 2 aromatic rings. The molecule has 6 nitrogen and oxygen atoms in total. The lowest BCUT2D eigenvalue weighted by atomic mass is 9.75. The maximum atomic E-state index is 13.4. The smallest absolute Gasteiger partial charge is 0.341 e. The number of halogens is 1. The van der Waals surface area contributed by atoms with Gasteiger partial charge >= 0.3 is 5.97 Å². The van der Waals surface area contributed by atoms with Gasteiger partial charge in [-0.05, 0) is 61.8 Å². The molecule has 0 fully saturated rings. The molecule has 1 aromatic heterocycles. The Morgan fingerprint density at radius 2 is 1.89 bits per heavy atom. The van der Waals surface area contributed by atoms with Crippen LogP contribution in [0.1, 0.15) is 70.8 Å². The molecule has 2 aliphatic carbocycles. The van der Waals surface area contributed by atoms with Gasteiger partial charge in [0.15, 0.2) is 5.78 Å². The Morgan fingerprint density at radius 1 is 1.14 bits per heavy atom. The average molecular weight is 508 g/mol. The Labute approximate surface area is 213 Å². The van der Waals surface area contributed by atoms with Crippen molar-refractivity contribution in [2.24, 2.45) is 5.73 Å². The molecule has 0 bridgehead atoms. The summed E-state index contributed by atoms with van der Waals surface area (Å²) in [5, 5.41) is 11.5. The molecule has 1 atom stereocenters. The van der Waals surface area contributed by atoms with Gasteiger partial charge in [0.2, 0.25) is 0 Å². The number of methoxy groups -OCH3 is 1. The summed E-state index contributed by atoms with van der Waals surface area (Å²) in [6.45, 7) is 0. The number of Topliss-reactive ketones (excluding diaryl/α,β-unsaturated/α-hetero) is 1. The Bertz CT molecular complexity index is 1320. The molecule has 1 aliphatic heterocycles. The highest BCUT2D eigenvalue weighted by Crippen LogP contribution is 2.50. The van der Waals surface area contributed by atoms with Gasteiger partial charge in [0, 0.05) is 27.6 Å². The summed E-state index contributed by atoms with van der Waals surface area (Å²) in [7, 11) is 1.38. The molecule has 35 heavy (non-hydrogen) atoms. The summed E-state index contributed by atoms with van der Waals surface area (Å²) in [5.74, 6) is -0.692. The van der Waals surface area contributed by atoms with E-state index < -0.39 is 11.9 Å². The number of nitrogens with zero attached hydrogens (tertiary/aromatic N) is 2. The molecular formula is C27H26ClN3O3S. The first-order valence-corrected chi connectivity index (χ1v) is 13.1. The lowest BCUT2D eigenvalue weighted by Crippen LogP contribution is -2.39. The van der Waals surface area contributed by atoms with Gasteiger partial charge in [-0.1, -0.05) is 30.2 Å². The summed E-state index contributed by atoms with van der Waals surface area (Å²) in [5.41, 5.74) is 10.7. The van der Waals surface area contributed by atoms with Crippen LogP contribution in [0.15, 0.2) is 46.9 Å². The Hall–Kier alpha value is -3.08. The number of allylic oxidation sites excluding steroid dienone is 3. The third kappa shape index (κ3) is 3.95. The first-order valence-electron chi connectivity index (χ1n) is 11.9. The summed E-state index contributed by atoms with van der Waals surface area (Å²) in [6, 6.07) is 9.48. The number of nitrogens with two attached hydrogens (primary N) is 1. The number of anilines is 1. The maximum absolute atomic E-state index is 13.4. The molecule has 0 saturated heterocycles. The predicted molar refractivity (Wildman–Crippen MR) is 136 cm³/mol. The van der Waals surface area contributed by atoms with Crippen LogP contribution in [-0.2, 0) is 22.4 Å². The number of fused-ring (bicyclic) bond motifs is 1. The minimum atomic E-state index is -0.560. The third-order valence-electron chi connectivity index (χ3n) is 7.11. The minimum absolute atomic E-state index is 0.00851. The lowest BCUT2D eigenvalue weighted by molar-refractivity contribution is -0.116. The van der Waals surface area contributed by atoms with Crippen LogP contribution in [0.25, 0.3) is 0 Å². The second-order valence-corrected chi connectivity index (χ2v) is 10.6. The molecule has 8 heteroatoms. The van der Waals surface area contributed by atoms with Crippen LogP contribution < -0.4 is 10.6 Å². The number of rotatable bonds is 3. The van der Waals surface area contributed by atoms with Crippen molar-refractivity contribution in [1.82, 2.24) is 0 Å². The third-order valence-corrected chi connectivity index (χ3v) is 8.64. The average Bonchev–Trinajstić information content (AvgIpc) is 3.05. The van der Waals surface area contributed by atoms with Crippen molar-refractivity contribution in [3.8, 4) is 6.07 Å². The molecule has 2 heterocycles. The monoisotopic (exact) mass is 507 g/mol. The number of nitriles is 1. The molecule has 1 aromatic carbocycles. The second kappa shape index (κ2) is 9.52. The number of thiophene rings is 1. The fraction of sp³-hybridized carbons (Fsp3) is 0.370. The van der Waals surface area contributed by atoms with Crippen LogP contribution >= 0.6 is 22.9 Å². The normalized spacial score (nSPS) is 20.2. The topological polar surface area (TPSA) is 96.4 Å². The quantitative estimate of drug-likeness (QED) is 0.419. The minimum Gasteiger partial charge on any atom is -0.465 e. The van der Waals surface area contributed by atoms with Crippen LogP contribution in [-0.4, -0.2) is 18.9 Å². The van der Waals surface area contributed by atoms with Gasteiger partial charge in [0.05, 0.1) is 30.2 Å². The summed E-state index contributed by atoms with van der Waals surface area (Å²) < 4.78 is 5.20. The number of aryl methyl sites for hydroxylation is 1. The standard InChI is InChI=1S/C27H26ClN3O3S/c1-34-27(33)23-17-6-3-2-4-9-21(17)35-26(23)31-19-7-5-8-20(32)24(19)22(18(14-29)25(31)30)15-10-12-16(28)13-11-15/h10-13,22H,2-9,30H2,1H3. The highest BCUT2D eigenvalue weighted by atomic mass is 35.5. The van der Waals surface area contributed by atoms with Gasteiger partial charge in [-0.15, -0.1) is 11.3 Å². The molecule has 0 amide bonds. The Morgan fingerprint density at radius 3 is 2.60 bits per heavy atom. The first kappa shape index (κ1) is 23.7. The zero-order valence-electron chi connectivity index (χ0n) is 19.5. The van der Waals surface area contributed by atoms with Gasteiger partial charge in [-0.2, -0.15) is 5.26 Å². The van der Waals surface area contributed by atoms with Crippen molar-refractivity contribution in [1.29, 1.82) is 5.26 Å².